The molecule has 0 aromatic rings. The summed E-state index contributed by atoms with van der Waals surface area (Å²) in [7, 11) is 0. The van der Waals surface area contributed by atoms with E-state index in [4.69, 9.17) is 0 Å². The lowest BCUT2D eigenvalue weighted by atomic mass is 9.85. The van der Waals surface area contributed by atoms with E-state index in [1.807, 2.05) is 0 Å². The zero-order valence-electron chi connectivity index (χ0n) is 13.0. The summed E-state index contributed by atoms with van der Waals surface area (Å²) in [5, 5.41) is 3.76. The van der Waals surface area contributed by atoms with Crippen LogP contribution in [-0.4, -0.2) is 36.1 Å². The second-order valence-electron chi connectivity index (χ2n) is 7.90. The van der Waals surface area contributed by atoms with Gasteiger partial charge in [0.25, 0.3) is 0 Å². The van der Waals surface area contributed by atoms with Gasteiger partial charge in [-0.1, -0.05) is 20.3 Å². The van der Waals surface area contributed by atoms with Crippen molar-refractivity contribution in [3.63, 3.8) is 0 Å². The van der Waals surface area contributed by atoms with Crippen LogP contribution in [0.15, 0.2) is 0 Å². The molecule has 1 aliphatic carbocycles. The van der Waals surface area contributed by atoms with E-state index in [9.17, 15) is 0 Å². The smallest absolute Gasteiger partial charge is 0.0252 e. The average molecular weight is 264 g/mol. The van der Waals surface area contributed by atoms with E-state index in [2.05, 4.69) is 24.1 Å². The third-order valence-electron chi connectivity index (χ3n) is 5.92. The van der Waals surface area contributed by atoms with Crippen LogP contribution in [0.25, 0.3) is 0 Å². The van der Waals surface area contributed by atoms with Gasteiger partial charge in [0.2, 0.25) is 0 Å². The molecule has 3 atom stereocenters. The van der Waals surface area contributed by atoms with Crippen LogP contribution in [0, 0.1) is 5.41 Å². The van der Waals surface area contributed by atoms with Gasteiger partial charge in [0.1, 0.15) is 0 Å². The Hall–Kier alpha value is -0.0800. The Kier molecular flexibility index (Phi) is 4.19. The van der Waals surface area contributed by atoms with Crippen LogP contribution in [-0.2, 0) is 0 Å². The van der Waals surface area contributed by atoms with Gasteiger partial charge in [-0.25, -0.2) is 0 Å². The number of nitrogens with zero attached hydrogens (tertiary/aromatic N) is 1. The van der Waals surface area contributed by atoms with E-state index in [1.165, 1.54) is 70.9 Å². The van der Waals surface area contributed by atoms with Gasteiger partial charge in [-0.2, -0.15) is 0 Å². The minimum absolute atomic E-state index is 0.593. The first kappa shape index (κ1) is 13.9. The monoisotopic (exact) mass is 264 g/mol. The fraction of sp³-hybridized carbons (Fsp3) is 1.00. The standard InChI is InChI=1S/C17H32N2/c1-17(2)10-3-6-14(9-11-17)19-13-5-8-16(19)15-7-4-12-18-15/h14-16,18H,3-13H2,1-2H3. The Balaban J connectivity index is 1.63. The van der Waals surface area contributed by atoms with E-state index in [-0.39, 0.29) is 0 Å². The molecular formula is C17H32N2. The van der Waals surface area contributed by atoms with Crippen molar-refractivity contribution in [3.8, 4) is 0 Å². The van der Waals surface area contributed by atoms with Crippen LogP contribution < -0.4 is 5.32 Å². The molecule has 2 saturated heterocycles. The summed E-state index contributed by atoms with van der Waals surface area (Å²) in [4.78, 5) is 2.91. The van der Waals surface area contributed by atoms with Crippen molar-refractivity contribution in [2.24, 2.45) is 5.41 Å². The molecule has 2 heterocycles. The number of hydrogen-bond acceptors (Lipinski definition) is 2. The molecule has 2 aliphatic heterocycles. The third kappa shape index (κ3) is 3.16. The third-order valence-corrected chi connectivity index (χ3v) is 5.92. The van der Waals surface area contributed by atoms with Crippen LogP contribution in [0.1, 0.15) is 71.6 Å². The molecule has 0 aromatic heterocycles. The van der Waals surface area contributed by atoms with Gasteiger partial charge in [-0.05, 0) is 69.9 Å². The Morgan fingerprint density at radius 2 is 1.84 bits per heavy atom. The highest BCUT2D eigenvalue weighted by molar-refractivity contribution is 4.95. The van der Waals surface area contributed by atoms with Gasteiger partial charge < -0.3 is 5.32 Å². The van der Waals surface area contributed by atoms with Gasteiger partial charge in [0, 0.05) is 18.1 Å². The Labute approximate surface area is 119 Å². The number of likely N-dealkylation sites (tertiary alicyclic amines) is 1. The van der Waals surface area contributed by atoms with E-state index in [0.29, 0.717) is 5.41 Å². The lowest BCUT2D eigenvalue weighted by Gasteiger charge is -2.36. The minimum atomic E-state index is 0.593. The van der Waals surface area contributed by atoms with Crippen molar-refractivity contribution in [1.82, 2.24) is 10.2 Å². The molecule has 3 fully saturated rings. The van der Waals surface area contributed by atoms with Crippen molar-refractivity contribution >= 4 is 0 Å². The highest BCUT2D eigenvalue weighted by atomic mass is 15.2. The van der Waals surface area contributed by atoms with E-state index < -0.39 is 0 Å². The summed E-state index contributed by atoms with van der Waals surface area (Å²) >= 11 is 0. The normalized spacial score (nSPS) is 40.4. The van der Waals surface area contributed by atoms with Crippen LogP contribution in [0.3, 0.4) is 0 Å². The molecule has 3 rings (SSSR count). The maximum absolute atomic E-state index is 3.76. The predicted octanol–water partition coefficient (Wildman–Crippen LogP) is 3.56. The molecular weight excluding hydrogens is 232 g/mol. The summed E-state index contributed by atoms with van der Waals surface area (Å²) in [6.07, 6.45) is 12.9. The van der Waals surface area contributed by atoms with Crippen LogP contribution in [0.5, 0.6) is 0 Å². The molecule has 1 saturated carbocycles. The fourth-order valence-corrected chi connectivity index (χ4v) is 4.71. The first-order valence-corrected chi connectivity index (χ1v) is 8.65. The fourth-order valence-electron chi connectivity index (χ4n) is 4.71. The zero-order chi connectivity index (χ0) is 13.3. The quantitative estimate of drug-likeness (QED) is 0.767. The predicted molar refractivity (Wildman–Crippen MR) is 81.4 cm³/mol. The van der Waals surface area contributed by atoms with Crippen LogP contribution >= 0.6 is 0 Å². The van der Waals surface area contributed by atoms with Crippen LogP contribution in [0.2, 0.25) is 0 Å². The summed E-state index contributed by atoms with van der Waals surface area (Å²) < 4.78 is 0. The van der Waals surface area contributed by atoms with Crippen molar-refractivity contribution in [1.29, 1.82) is 0 Å². The van der Waals surface area contributed by atoms with Gasteiger partial charge in [-0.15, -0.1) is 0 Å². The van der Waals surface area contributed by atoms with E-state index >= 15 is 0 Å². The van der Waals surface area contributed by atoms with Crippen molar-refractivity contribution in [3.05, 3.63) is 0 Å². The molecule has 0 aromatic carbocycles. The van der Waals surface area contributed by atoms with E-state index in [1.54, 1.807) is 0 Å². The van der Waals surface area contributed by atoms with Crippen molar-refractivity contribution in [2.75, 3.05) is 13.1 Å². The Morgan fingerprint density at radius 3 is 2.63 bits per heavy atom. The SMILES string of the molecule is CC1(C)CCCC(N2CCCC2C2CCCN2)CC1. The molecule has 0 spiro atoms. The molecule has 2 heteroatoms. The lowest BCUT2D eigenvalue weighted by molar-refractivity contribution is 0.136. The highest BCUT2D eigenvalue weighted by Gasteiger charge is 2.38. The van der Waals surface area contributed by atoms with E-state index in [0.717, 1.165) is 18.1 Å². The molecule has 0 amide bonds. The Morgan fingerprint density at radius 1 is 0.947 bits per heavy atom. The molecule has 0 radical (unpaired) electrons. The maximum Gasteiger partial charge on any atom is 0.0252 e. The van der Waals surface area contributed by atoms with Crippen molar-refractivity contribution in [2.45, 2.75) is 89.8 Å². The van der Waals surface area contributed by atoms with Gasteiger partial charge >= 0.3 is 0 Å². The zero-order valence-corrected chi connectivity index (χ0v) is 13.0. The van der Waals surface area contributed by atoms with Gasteiger partial charge in [0.05, 0.1) is 0 Å². The number of hydrogen-bond donors (Lipinski definition) is 1. The van der Waals surface area contributed by atoms with Crippen molar-refractivity contribution < 1.29 is 0 Å². The lowest BCUT2D eigenvalue weighted by Crippen LogP contribution is -2.48. The van der Waals surface area contributed by atoms with Crippen LogP contribution in [0.4, 0.5) is 0 Å². The molecule has 2 nitrogen and oxygen atoms in total. The molecule has 3 aliphatic rings. The average Bonchev–Trinajstić information content (AvgIpc) is 3.00. The topological polar surface area (TPSA) is 15.3 Å². The maximum atomic E-state index is 3.76. The summed E-state index contributed by atoms with van der Waals surface area (Å²) in [6.45, 7) is 7.56. The van der Waals surface area contributed by atoms with Gasteiger partial charge in [0.15, 0.2) is 0 Å². The second kappa shape index (κ2) is 5.73. The summed E-state index contributed by atoms with van der Waals surface area (Å²) in [5.41, 5.74) is 0.593. The minimum Gasteiger partial charge on any atom is -0.312 e. The highest BCUT2D eigenvalue weighted by Crippen LogP contribution is 2.38. The summed E-state index contributed by atoms with van der Waals surface area (Å²) in [5.74, 6) is 0. The summed E-state index contributed by atoms with van der Waals surface area (Å²) in [6, 6.07) is 2.55. The first-order chi connectivity index (χ1) is 9.16. The number of nitrogens with one attached hydrogen (secondary N) is 1. The van der Waals surface area contributed by atoms with Gasteiger partial charge in [-0.3, -0.25) is 4.90 Å². The second-order valence-corrected chi connectivity index (χ2v) is 7.90. The molecule has 1 N–H and O–H groups in total. The molecule has 0 bridgehead atoms. The molecule has 3 unspecified atom stereocenters. The molecule has 110 valence electrons. The largest absolute Gasteiger partial charge is 0.312 e. The number of rotatable bonds is 2. The molecule has 19 heavy (non-hydrogen) atoms. The Bertz CT molecular complexity index is 294. The first-order valence-electron chi connectivity index (χ1n) is 8.65.